The average Bonchev–Trinajstić information content (AvgIpc) is 3.33. The van der Waals surface area contributed by atoms with Gasteiger partial charge in [0, 0.05) is 50.8 Å². The van der Waals surface area contributed by atoms with Gasteiger partial charge >= 0.3 is 0 Å². The molecule has 1 aliphatic rings. The van der Waals surface area contributed by atoms with Crippen LogP contribution < -0.4 is 10.2 Å². The molecule has 1 aliphatic heterocycles. The van der Waals surface area contributed by atoms with E-state index < -0.39 is 6.04 Å². The number of carbonyl (C=O) groups is 1. The van der Waals surface area contributed by atoms with Crippen LogP contribution in [0.3, 0.4) is 0 Å². The molecule has 1 amide bonds. The summed E-state index contributed by atoms with van der Waals surface area (Å²) in [6.45, 7) is 5.88. The Bertz CT molecular complexity index is 890. The molecule has 156 valence electrons. The van der Waals surface area contributed by atoms with E-state index in [1.165, 1.54) is 5.69 Å². The third-order valence-corrected chi connectivity index (χ3v) is 5.60. The second-order valence-electron chi connectivity index (χ2n) is 7.61. The Morgan fingerprint density at radius 3 is 2.30 bits per heavy atom. The summed E-state index contributed by atoms with van der Waals surface area (Å²) in [6.07, 6.45) is 4.49. The minimum atomic E-state index is -0.435. The van der Waals surface area contributed by atoms with Crippen molar-refractivity contribution < 1.29 is 4.79 Å². The molecule has 6 nitrogen and oxygen atoms in total. The van der Waals surface area contributed by atoms with Gasteiger partial charge in [-0.25, -0.2) is 0 Å². The molecule has 1 N–H and O–H groups in total. The molecule has 0 spiro atoms. The highest BCUT2D eigenvalue weighted by molar-refractivity contribution is 5.83. The number of nitrogens with zero attached hydrogens (tertiary/aromatic N) is 4. The first-order valence-electron chi connectivity index (χ1n) is 10.7. The topological polar surface area (TPSA) is 53.4 Å². The first-order valence-corrected chi connectivity index (χ1v) is 10.7. The van der Waals surface area contributed by atoms with Crippen molar-refractivity contribution in [3.63, 3.8) is 0 Å². The van der Waals surface area contributed by atoms with Crippen LogP contribution in [0.15, 0.2) is 79.1 Å². The third-order valence-electron chi connectivity index (χ3n) is 5.60. The van der Waals surface area contributed by atoms with Crippen LogP contribution in [0.1, 0.15) is 18.0 Å². The summed E-state index contributed by atoms with van der Waals surface area (Å²) in [4.78, 5) is 17.8. The standard InChI is InChI=1S/C24H29N5O/c30-24(23(29-16-8-14-26-29)21-9-3-1-4-10-21)25-13-7-15-27-17-19-28(20-18-27)22-11-5-2-6-12-22/h1-6,8-12,14,16,23H,7,13,15,17-20H2,(H,25,30). The van der Waals surface area contributed by atoms with E-state index in [1.54, 1.807) is 10.9 Å². The Labute approximate surface area is 178 Å². The van der Waals surface area contributed by atoms with Crippen molar-refractivity contribution in [3.05, 3.63) is 84.7 Å². The van der Waals surface area contributed by atoms with Crippen LogP contribution in [0.4, 0.5) is 5.69 Å². The molecule has 1 fully saturated rings. The number of hydrogen-bond donors (Lipinski definition) is 1. The number of hydrogen-bond acceptors (Lipinski definition) is 4. The molecular formula is C24H29N5O. The quantitative estimate of drug-likeness (QED) is 0.588. The second-order valence-corrected chi connectivity index (χ2v) is 7.61. The van der Waals surface area contributed by atoms with Gasteiger partial charge in [-0.05, 0) is 36.7 Å². The molecule has 3 aromatic rings. The number of amides is 1. The molecule has 2 heterocycles. The van der Waals surface area contributed by atoms with Gasteiger partial charge in [0.2, 0.25) is 5.91 Å². The Morgan fingerprint density at radius 1 is 0.933 bits per heavy atom. The van der Waals surface area contributed by atoms with Crippen molar-refractivity contribution in [2.45, 2.75) is 12.5 Å². The normalized spacial score (nSPS) is 15.7. The number of nitrogens with one attached hydrogen (secondary N) is 1. The molecule has 1 aromatic heterocycles. The van der Waals surface area contributed by atoms with Crippen LogP contribution in [0.25, 0.3) is 0 Å². The van der Waals surface area contributed by atoms with E-state index in [4.69, 9.17) is 0 Å². The zero-order valence-corrected chi connectivity index (χ0v) is 17.2. The molecule has 1 unspecified atom stereocenters. The fraction of sp³-hybridized carbons (Fsp3) is 0.333. The minimum absolute atomic E-state index is 0.0150. The monoisotopic (exact) mass is 403 g/mol. The van der Waals surface area contributed by atoms with Crippen molar-refractivity contribution in [3.8, 4) is 0 Å². The second kappa shape index (κ2) is 10.1. The predicted molar refractivity (Wildman–Crippen MR) is 120 cm³/mol. The Morgan fingerprint density at radius 2 is 1.63 bits per heavy atom. The minimum Gasteiger partial charge on any atom is -0.369 e. The average molecular weight is 404 g/mol. The fourth-order valence-corrected chi connectivity index (χ4v) is 3.97. The van der Waals surface area contributed by atoms with Crippen molar-refractivity contribution in [1.82, 2.24) is 20.0 Å². The lowest BCUT2D eigenvalue weighted by Crippen LogP contribution is -2.47. The van der Waals surface area contributed by atoms with Crippen molar-refractivity contribution in [2.75, 3.05) is 44.2 Å². The fourth-order valence-electron chi connectivity index (χ4n) is 3.97. The van der Waals surface area contributed by atoms with Gasteiger partial charge in [-0.2, -0.15) is 5.10 Å². The van der Waals surface area contributed by atoms with E-state index in [0.29, 0.717) is 6.54 Å². The van der Waals surface area contributed by atoms with Gasteiger partial charge in [0.05, 0.1) is 0 Å². The smallest absolute Gasteiger partial charge is 0.249 e. The van der Waals surface area contributed by atoms with E-state index in [-0.39, 0.29) is 5.91 Å². The molecule has 30 heavy (non-hydrogen) atoms. The van der Waals surface area contributed by atoms with Crippen molar-refractivity contribution in [1.29, 1.82) is 0 Å². The molecular weight excluding hydrogens is 374 g/mol. The van der Waals surface area contributed by atoms with Gasteiger partial charge in [0.1, 0.15) is 0 Å². The molecule has 1 saturated heterocycles. The summed E-state index contributed by atoms with van der Waals surface area (Å²) >= 11 is 0. The highest BCUT2D eigenvalue weighted by Crippen LogP contribution is 2.18. The first kappa shape index (κ1) is 20.2. The highest BCUT2D eigenvalue weighted by atomic mass is 16.2. The Kier molecular flexibility index (Phi) is 6.77. The SMILES string of the molecule is O=C(NCCCN1CCN(c2ccccc2)CC1)C(c1ccccc1)n1cccn1. The van der Waals surface area contributed by atoms with Crippen molar-refractivity contribution >= 4 is 11.6 Å². The third kappa shape index (κ3) is 5.07. The van der Waals surface area contributed by atoms with Gasteiger partial charge in [0.25, 0.3) is 0 Å². The maximum atomic E-state index is 12.9. The lowest BCUT2D eigenvalue weighted by atomic mass is 10.1. The van der Waals surface area contributed by atoms with Crippen LogP contribution in [-0.2, 0) is 4.79 Å². The number of anilines is 1. The molecule has 0 aliphatic carbocycles. The van der Waals surface area contributed by atoms with Gasteiger partial charge in [0.15, 0.2) is 6.04 Å². The van der Waals surface area contributed by atoms with E-state index >= 15 is 0 Å². The largest absolute Gasteiger partial charge is 0.369 e. The number of carbonyl (C=O) groups excluding carboxylic acids is 1. The Hall–Kier alpha value is -3.12. The van der Waals surface area contributed by atoms with Crippen molar-refractivity contribution in [2.24, 2.45) is 0 Å². The number of rotatable bonds is 8. The van der Waals surface area contributed by atoms with E-state index in [1.807, 2.05) is 42.6 Å². The predicted octanol–water partition coefficient (Wildman–Crippen LogP) is 2.80. The summed E-state index contributed by atoms with van der Waals surface area (Å²) in [6, 6.07) is 21.8. The molecule has 1 atom stereocenters. The molecule has 0 bridgehead atoms. The Balaban J connectivity index is 1.23. The lowest BCUT2D eigenvalue weighted by molar-refractivity contribution is -0.123. The maximum absolute atomic E-state index is 12.9. The molecule has 0 saturated carbocycles. The zero-order chi connectivity index (χ0) is 20.6. The van der Waals surface area contributed by atoms with Crippen LogP contribution in [0, 0.1) is 0 Å². The summed E-state index contributed by atoms with van der Waals surface area (Å²) < 4.78 is 1.72. The molecule has 2 aromatic carbocycles. The van der Waals surface area contributed by atoms with Gasteiger partial charge in [-0.15, -0.1) is 0 Å². The number of piperazine rings is 1. The van der Waals surface area contributed by atoms with Gasteiger partial charge < -0.3 is 10.2 Å². The summed E-state index contributed by atoms with van der Waals surface area (Å²) in [5, 5.41) is 7.40. The number of aromatic nitrogens is 2. The zero-order valence-electron chi connectivity index (χ0n) is 17.2. The maximum Gasteiger partial charge on any atom is 0.249 e. The first-order chi connectivity index (χ1) is 14.8. The number of benzene rings is 2. The molecule has 4 rings (SSSR count). The van der Waals surface area contributed by atoms with Crippen LogP contribution in [-0.4, -0.2) is 59.9 Å². The highest BCUT2D eigenvalue weighted by Gasteiger charge is 2.22. The van der Waals surface area contributed by atoms with Crippen LogP contribution in [0.2, 0.25) is 0 Å². The van der Waals surface area contributed by atoms with Gasteiger partial charge in [-0.3, -0.25) is 14.4 Å². The molecule has 0 radical (unpaired) electrons. The molecule has 6 heteroatoms. The summed E-state index contributed by atoms with van der Waals surface area (Å²) in [5.74, 6) is -0.0150. The van der Waals surface area contributed by atoms with Crippen LogP contribution >= 0.6 is 0 Å². The summed E-state index contributed by atoms with van der Waals surface area (Å²) in [5.41, 5.74) is 2.24. The van der Waals surface area contributed by atoms with E-state index in [2.05, 4.69) is 50.5 Å². The van der Waals surface area contributed by atoms with Gasteiger partial charge in [-0.1, -0.05) is 48.5 Å². The number of para-hydroxylation sites is 1. The van der Waals surface area contributed by atoms with Crippen LogP contribution in [0.5, 0.6) is 0 Å². The van der Waals surface area contributed by atoms with E-state index in [0.717, 1.165) is 44.7 Å². The lowest BCUT2D eigenvalue weighted by Gasteiger charge is -2.36. The van der Waals surface area contributed by atoms with E-state index in [9.17, 15) is 4.79 Å². The summed E-state index contributed by atoms with van der Waals surface area (Å²) in [7, 11) is 0.